The minimum absolute atomic E-state index is 0.632. The molecule has 4 heteroatoms. The molecule has 0 aromatic heterocycles. The van der Waals surface area contributed by atoms with Crippen molar-refractivity contribution in [1.82, 2.24) is 0 Å². The highest BCUT2D eigenvalue weighted by molar-refractivity contribution is 9.10. The molecule has 3 N–H and O–H groups in total. The van der Waals surface area contributed by atoms with Crippen molar-refractivity contribution in [3.8, 4) is 0 Å². The summed E-state index contributed by atoms with van der Waals surface area (Å²) in [6, 6.07) is 5.22. The number of carbonyl (C=O) groups is 1. The molecule has 0 heterocycles. The van der Waals surface area contributed by atoms with E-state index in [0.717, 1.165) is 16.1 Å². The summed E-state index contributed by atoms with van der Waals surface area (Å²) in [4.78, 5) is 10.2. The van der Waals surface area contributed by atoms with Crippen LogP contribution >= 0.6 is 15.9 Å². The molecule has 0 amide bonds. The predicted molar refractivity (Wildman–Crippen MR) is 55.2 cm³/mol. The Morgan fingerprint density at radius 3 is 2.77 bits per heavy atom. The van der Waals surface area contributed by atoms with Crippen molar-refractivity contribution in [2.75, 3.05) is 5.73 Å². The SMILES string of the molecule is Nc1ccc(C=CC(=O)O)cc1Br. The van der Waals surface area contributed by atoms with Gasteiger partial charge in [0.25, 0.3) is 0 Å². The standard InChI is InChI=1S/C9H8BrNO2/c10-7-5-6(1-3-8(7)11)2-4-9(12)13/h1-5H,11H2,(H,12,13). The first-order valence-electron chi connectivity index (χ1n) is 3.55. The summed E-state index contributed by atoms with van der Waals surface area (Å²) in [6.07, 6.45) is 2.59. The van der Waals surface area contributed by atoms with Crippen LogP contribution < -0.4 is 5.73 Å². The van der Waals surface area contributed by atoms with Crippen molar-refractivity contribution in [2.24, 2.45) is 0 Å². The molecule has 0 spiro atoms. The number of nitrogen functional groups attached to an aromatic ring is 1. The number of hydrogen-bond donors (Lipinski definition) is 2. The predicted octanol–water partition coefficient (Wildman–Crippen LogP) is 2.13. The zero-order valence-corrected chi connectivity index (χ0v) is 8.28. The number of carboxylic acid groups (broad SMARTS) is 1. The molecule has 0 saturated carbocycles. The molecule has 0 radical (unpaired) electrons. The Hall–Kier alpha value is -1.29. The van der Waals surface area contributed by atoms with Crippen molar-refractivity contribution in [3.63, 3.8) is 0 Å². The number of rotatable bonds is 2. The molecule has 1 aromatic carbocycles. The Labute approximate surface area is 84.0 Å². The Kier molecular flexibility index (Phi) is 3.08. The first kappa shape index (κ1) is 9.80. The molecule has 0 unspecified atom stereocenters. The van der Waals surface area contributed by atoms with Gasteiger partial charge in [-0.3, -0.25) is 0 Å². The molecule has 68 valence electrons. The first-order valence-corrected chi connectivity index (χ1v) is 4.35. The van der Waals surface area contributed by atoms with Crippen LogP contribution in [0.3, 0.4) is 0 Å². The van der Waals surface area contributed by atoms with Crippen molar-refractivity contribution in [2.45, 2.75) is 0 Å². The second-order valence-electron chi connectivity index (χ2n) is 2.45. The maximum absolute atomic E-state index is 10.2. The van der Waals surface area contributed by atoms with Gasteiger partial charge in [-0.25, -0.2) is 4.79 Å². The maximum Gasteiger partial charge on any atom is 0.328 e. The largest absolute Gasteiger partial charge is 0.478 e. The molecule has 0 saturated heterocycles. The lowest BCUT2D eigenvalue weighted by Gasteiger charge is -1.98. The fourth-order valence-corrected chi connectivity index (χ4v) is 1.21. The summed E-state index contributed by atoms with van der Waals surface area (Å²) in [6.45, 7) is 0. The Morgan fingerprint density at radius 2 is 2.23 bits per heavy atom. The number of nitrogens with two attached hydrogens (primary N) is 1. The van der Waals surface area contributed by atoms with E-state index in [4.69, 9.17) is 10.8 Å². The van der Waals surface area contributed by atoms with Crippen LogP contribution in [0.25, 0.3) is 6.08 Å². The average Bonchev–Trinajstić information content (AvgIpc) is 2.07. The molecular weight excluding hydrogens is 234 g/mol. The van der Waals surface area contributed by atoms with E-state index < -0.39 is 5.97 Å². The van der Waals surface area contributed by atoms with E-state index in [-0.39, 0.29) is 0 Å². The third-order valence-corrected chi connectivity index (χ3v) is 2.13. The maximum atomic E-state index is 10.2. The smallest absolute Gasteiger partial charge is 0.328 e. The highest BCUT2D eigenvalue weighted by atomic mass is 79.9. The summed E-state index contributed by atoms with van der Waals surface area (Å²) < 4.78 is 0.764. The van der Waals surface area contributed by atoms with Gasteiger partial charge in [-0.05, 0) is 39.7 Å². The molecule has 1 rings (SSSR count). The zero-order valence-electron chi connectivity index (χ0n) is 6.70. The minimum Gasteiger partial charge on any atom is -0.478 e. The van der Waals surface area contributed by atoms with Crippen LogP contribution in [0.15, 0.2) is 28.7 Å². The van der Waals surface area contributed by atoms with Crippen molar-refractivity contribution in [1.29, 1.82) is 0 Å². The van der Waals surface area contributed by atoms with Gasteiger partial charge >= 0.3 is 5.97 Å². The summed E-state index contributed by atoms with van der Waals surface area (Å²) in [7, 11) is 0. The summed E-state index contributed by atoms with van der Waals surface area (Å²) in [5.41, 5.74) is 6.98. The Morgan fingerprint density at radius 1 is 1.54 bits per heavy atom. The van der Waals surface area contributed by atoms with Gasteiger partial charge in [0.2, 0.25) is 0 Å². The third-order valence-electron chi connectivity index (χ3n) is 1.44. The topological polar surface area (TPSA) is 63.3 Å². The molecule has 0 bridgehead atoms. The van der Waals surface area contributed by atoms with E-state index in [9.17, 15) is 4.79 Å². The number of hydrogen-bond acceptors (Lipinski definition) is 2. The van der Waals surface area contributed by atoms with Crippen LogP contribution in [0.5, 0.6) is 0 Å². The fourth-order valence-electron chi connectivity index (χ4n) is 0.815. The van der Waals surface area contributed by atoms with Gasteiger partial charge in [-0.1, -0.05) is 6.07 Å². The van der Waals surface area contributed by atoms with Crippen LogP contribution in [0.4, 0.5) is 5.69 Å². The van der Waals surface area contributed by atoms with Crippen LogP contribution in [0.2, 0.25) is 0 Å². The van der Waals surface area contributed by atoms with Crippen LogP contribution in [-0.4, -0.2) is 11.1 Å². The molecular formula is C9H8BrNO2. The highest BCUT2D eigenvalue weighted by Gasteiger charge is 1.95. The Balaban J connectivity index is 2.92. The highest BCUT2D eigenvalue weighted by Crippen LogP contribution is 2.20. The second-order valence-corrected chi connectivity index (χ2v) is 3.31. The van der Waals surface area contributed by atoms with E-state index in [2.05, 4.69) is 15.9 Å². The van der Waals surface area contributed by atoms with Gasteiger partial charge in [-0.2, -0.15) is 0 Å². The lowest BCUT2D eigenvalue weighted by Crippen LogP contribution is -1.88. The molecule has 0 aliphatic rings. The van der Waals surface area contributed by atoms with Crippen LogP contribution in [0, 0.1) is 0 Å². The van der Waals surface area contributed by atoms with Gasteiger partial charge in [-0.15, -0.1) is 0 Å². The van der Waals surface area contributed by atoms with E-state index in [0.29, 0.717) is 5.69 Å². The lowest BCUT2D eigenvalue weighted by atomic mass is 10.2. The van der Waals surface area contributed by atoms with Gasteiger partial charge in [0.05, 0.1) is 0 Å². The Bertz CT molecular complexity index is 361. The number of aliphatic carboxylic acids is 1. The minimum atomic E-state index is -0.965. The first-order chi connectivity index (χ1) is 6.09. The fraction of sp³-hybridized carbons (Fsp3) is 0. The molecule has 0 fully saturated rings. The number of carboxylic acids is 1. The van der Waals surface area contributed by atoms with E-state index in [1.54, 1.807) is 18.2 Å². The molecule has 0 aliphatic carbocycles. The quantitative estimate of drug-likeness (QED) is 0.616. The van der Waals surface area contributed by atoms with E-state index in [1.807, 2.05) is 0 Å². The number of anilines is 1. The normalized spacial score (nSPS) is 10.5. The molecule has 0 aliphatic heterocycles. The van der Waals surface area contributed by atoms with Gasteiger partial charge in [0, 0.05) is 16.2 Å². The average molecular weight is 242 g/mol. The zero-order chi connectivity index (χ0) is 9.84. The monoisotopic (exact) mass is 241 g/mol. The number of benzene rings is 1. The lowest BCUT2D eigenvalue weighted by molar-refractivity contribution is -0.131. The molecule has 0 atom stereocenters. The van der Waals surface area contributed by atoms with Crippen molar-refractivity contribution < 1.29 is 9.90 Å². The van der Waals surface area contributed by atoms with Crippen LogP contribution in [-0.2, 0) is 4.79 Å². The van der Waals surface area contributed by atoms with Gasteiger partial charge in [0.15, 0.2) is 0 Å². The van der Waals surface area contributed by atoms with Crippen molar-refractivity contribution in [3.05, 3.63) is 34.3 Å². The second kappa shape index (κ2) is 4.09. The summed E-state index contributed by atoms with van der Waals surface area (Å²) >= 11 is 3.25. The van der Waals surface area contributed by atoms with E-state index in [1.165, 1.54) is 6.08 Å². The number of halogens is 1. The van der Waals surface area contributed by atoms with Crippen molar-refractivity contribution >= 4 is 33.7 Å². The van der Waals surface area contributed by atoms with Crippen LogP contribution in [0.1, 0.15) is 5.56 Å². The summed E-state index contributed by atoms with van der Waals surface area (Å²) in [5.74, 6) is -0.965. The van der Waals surface area contributed by atoms with Gasteiger partial charge in [0.1, 0.15) is 0 Å². The molecule has 3 nitrogen and oxygen atoms in total. The van der Waals surface area contributed by atoms with Gasteiger partial charge < -0.3 is 10.8 Å². The third kappa shape index (κ3) is 2.91. The van der Waals surface area contributed by atoms with E-state index >= 15 is 0 Å². The summed E-state index contributed by atoms with van der Waals surface area (Å²) in [5, 5.41) is 8.38. The molecule has 13 heavy (non-hydrogen) atoms. The molecule has 1 aromatic rings.